The first-order valence-electron chi connectivity index (χ1n) is 14.7. The largest absolute Gasteiger partial charge is 0.325 e. The van der Waals surface area contributed by atoms with Crippen molar-refractivity contribution in [1.82, 2.24) is 15.1 Å². The lowest BCUT2D eigenvalue weighted by Gasteiger charge is -2.37. The maximum atomic E-state index is 15.9. The minimum atomic E-state index is -1.21. The number of likely N-dealkylation sites (N-methyl/N-ethyl adjacent to an activating group) is 1. The third kappa shape index (κ3) is 5.94. The Labute approximate surface area is 252 Å². The third-order valence-corrected chi connectivity index (χ3v) is 9.56. The summed E-state index contributed by atoms with van der Waals surface area (Å²) in [6, 6.07) is 9.05. The van der Waals surface area contributed by atoms with Gasteiger partial charge in [-0.1, -0.05) is 62.2 Å². The molecule has 2 saturated heterocycles. The molecule has 222 valence electrons. The van der Waals surface area contributed by atoms with E-state index in [1.807, 2.05) is 6.07 Å². The number of nitrogens with one attached hydrogen (secondary N) is 2. The highest BCUT2D eigenvalue weighted by Crippen LogP contribution is 2.57. The average molecular weight is 604 g/mol. The summed E-state index contributed by atoms with van der Waals surface area (Å²) in [5.41, 5.74) is 0.256. The fourth-order valence-corrected chi connectivity index (χ4v) is 7.42. The van der Waals surface area contributed by atoms with Crippen LogP contribution in [-0.2, 0) is 15.0 Å². The number of benzene rings is 2. The van der Waals surface area contributed by atoms with E-state index in [-0.39, 0.29) is 27.7 Å². The van der Waals surface area contributed by atoms with Crippen molar-refractivity contribution in [1.29, 1.82) is 0 Å². The Morgan fingerprint density at radius 3 is 2.54 bits per heavy atom. The van der Waals surface area contributed by atoms with Crippen LogP contribution in [-0.4, -0.2) is 73.3 Å². The monoisotopic (exact) mass is 602 g/mol. The summed E-state index contributed by atoms with van der Waals surface area (Å²) < 4.78 is 15.9. The number of hydrogen-bond acceptors (Lipinski definition) is 5. The van der Waals surface area contributed by atoms with Crippen molar-refractivity contribution >= 4 is 40.6 Å². The van der Waals surface area contributed by atoms with Crippen LogP contribution in [0.15, 0.2) is 36.4 Å². The zero-order valence-electron chi connectivity index (χ0n) is 24.4. The molecule has 0 bridgehead atoms. The van der Waals surface area contributed by atoms with Crippen molar-refractivity contribution in [3.8, 4) is 0 Å². The van der Waals surface area contributed by atoms with Crippen LogP contribution in [0.5, 0.6) is 0 Å². The van der Waals surface area contributed by atoms with Gasteiger partial charge >= 0.3 is 0 Å². The van der Waals surface area contributed by atoms with Gasteiger partial charge in [0.1, 0.15) is 17.0 Å². The molecule has 2 aromatic carbocycles. The topological polar surface area (TPSA) is 64.7 Å². The second-order valence-electron chi connectivity index (χ2n) is 13.2. The number of piperazine rings is 1. The Hall–Kier alpha value is -2.03. The van der Waals surface area contributed by atoms with Crippen LogP contribution in [0.2, 0.25) is 10.0 Å². The number of carbonyl (C=O) groups is 2. The van der Waals surface area contributed by atoms with Gasteiger partial charge in [0.25, 0.3) is 0 Å². The maximum Gasteiger partial charge on any atom is 0.237 e. The molecule has 2 fully saturated rings. The van der Waals surface area contributed by atoms with Crippen molar-refractivity contribution < 1.29 is 14.0 Å². The Kier molecular flexibility index (Phi) is 8.85. The fraction of sp³-hybridized carbons (Fsp3) is 0.562. The minimum Gasteiger partial charge on any atom is -0.325 e. The second-order valence-corrected chi connectivity index (χ2v) is 14.0. The van der Waals surface area contributed by atoms with Gasteiger partial charge in [0.2, 0.25) is 5.91 Å². The van der Waals surface area contributed by atoms with Gasteiger partial charge in [0.15, 0.2) is 0 Å². The van der Waals surface area contributed by atoms with Crippen molar-refractivity contribution in [3.63, 3.8) is 0 Å². The summed E-state index contributed by atoms with van der Waals surface area (Å²) in [4.78, 5) is 33.0. The number of hydrogen-bond donors (Lipinski definition) is 2. The van der Waals surface area contributed by atoms with Gasteiger partial charge in [-0.05, 0) is 67.6 Å². The zero-order chi connectivity index (χ0) is 29.5. The van der Waals surface area contributed by atoms with Crippen LogP contribution in [0.25, 0.3) is 0 Å². The van der Waals surface area contributed by atoms with Gasteiger partial charge in [0.05, 0.1) is 11.1 Å². The number of halogens is 3. The molecule has 3 aliphatic heterocycles. The smallest absolute Gasteiger partial charge is 0.237 e. The lowest BCUT2D eigenvalue weighted by atomic mass is 9.62. The molecule has 1 amide bonds. The first-order chi connectivity index (χ1) is 19.4. The molecule has 2 N–H and O–H groups in total. The van der Waals surface area contributed by atoms with E-state index in [4.69, 9.17) is 23.2 Å². The van der Waals surface area contributed by atoms with Crippen LogP contribution >= 0.6 is 23.2 Å². The number of carbonyl (C=O) groups excluding carboxylic acids is 2. The molecule has 4 atom stereocenters. The van der Waals surface area contributed by atoms with Crippen LogP contribution in [0.1, 0.15) is 63.5 Å². The molecule has 3 aliphatic rings. The standard InChI is InChI=1S/C32H41Cl2FN4O2/c1-31(2,3)19-26-32(22-12-11-20(33)18-24(22)36-30(32)41)27(21-8-7-9-23(34)28(21)35)29(37-26)25(40)10-5-6-13-39-16-14-38(4)15-17-39/h7-9,11-12,18,26-27,29,37H,5-6,10,13-17,19H2,1-4H3,(H,36,41)/t26-,27+,29+,32+/m1/s1. The molecule has 41 heavy (non-hydrogen) atoms. The number of amides is 1. The normalized spacial score (nSPS) is 26.9. The lowest BCUT2D eigenvalue weighted by molar-refractivity contribution is -0.122. The Bertz CT molecular complexity index is 1310. The number of Topliss-reactive ketones (excluding diaryl/α,β-unsaturated/α-hetero) is 1. The molecule has 2 aromatic rings. The lowest BCUT2D eigenvalue weighted by Crippen LogP contribution is -2.49. The Morgan fingerprint density at radius 1 is 1.10 bits per heavy atom. The molecule has 5 rings (SSSR count). The highest BCUT2D eigenvalue weighted by molar-refractivity contribution is 6.31. The van der Waals surface area contributed by atoms with Crippen LogP contribution in [0, 0.1) is 11.2 Å². The highest BCUT2D eigenvalue weighted by atomic mass is 35.5. The van der Waals surface area contributed by atoms with Crippen LogP contribution < -0.4 is 10.6 Å². The summed E-state index contributed by atoms with van der Waals surface area (Å²) in [6.07, 6.45) is 2.62. The van der Waals surface area contributed by atoms with E-state index in [0.29, 0.717) is 23.6 Å². The predicted octanol–water partition coefficient (Wildman–Crippen LogP) is 5.87. The van der Waals surface area contributed by atoms with Gasteiger partial charge in [-0.15, -0.1) is 0 Å². The van der Waals surface area contributed by atoms with Crippen LogP contribution in [0.3, 0.4) is 0 Å². The third-order valence-electron chi connectivity index (χ3n) is 9.03. The summed E-state index contributed by atoms with van der Waals surface area (Å²) in [7, 11) is 2.14. The van der Waals surface area contributed by atoms with Crippen molar-refractivity contribution in [2.45, 2.75) is 69.9 Å². The highest BCUT2D eigenvalue weighted by Gasteiger charge is 2.65. The average Bonchev–Trinajstić information content (AvgIpc) is 3.38. The van der Waals surface area contributed by atoms with E-state index in [2.05, 4.69) is 48.3 Å². The molecule has 0 aromatic heterocycles. The van der Waals surface area contributed by atoms with E-state index in [1.54, 1.807) is 24.3 Å². The molecule has 0 aliphatic carbocycles. The summed E-state index contributed by atoms with van der Waals surface area (Å²) >= 11 is 12.6. The second kappa shape index (κ2) is 11.9. The first kappa shape index (κ1) is 30.4. The molecule has 0 radical (unpaired) electrons. The molecule has 6 nitrogen and oxygen atoms in total. The fourth-order valence-electron chi connectivity index (χ4n) is 7.07. The van der Waals surface area contributed by atoms with Crippen LogP contribution in [0.4, 0.5) is 10.1 Å². The number of ketones is 1. The number of rotatable bonds is 8. The van der Waals surface area contributed by atoms with Crippen molar-refractivity contribution in [3.05, 3.63) is 63.4 Å². The minimum absolute atomic E-state index is 0.00116. The predicted molar refractivity (Wildman–Crippen MR) is 163 cm³/mol. The van der Waals surface area contributed by atoms with Gasteiger partial charge in [-0.2, -0.15) is 0 Å². The van der Waals surface area contributed by atoms with Crippen molar-refractivity contribution in [2.75, 3.05) is 45.1 Å². The summed E-state index contributed by atoms with van der Waals surface area (Å²) in [5, 5.41) is 7.09. The zero-order valence-corrected chi connectivity index (χ0v) is 25.9. The number of unbranched alkanes of at least 4 members (excludes halogenated alkanes) is 1. The van der Waals surface area contributed by atoms with Gasteiger partial charge < -0.3 is 20.4 Å². The van der Waals surface area contributed by atoms with Gasteiger partial charge in [-0.25, -0.2) is 4.39 Å². The molecule has 0 saturated carbocycles. The SMILES string of the molecule is CN1CCN(CCCCC(=O)[C@@H]2N[C@H](CC(C)(C)C)[C@]3(C(=O)Nc4cc(Cl)ccc43)[C@H]2c2cccc(Cl)c2F)CC1. The van der Waals surface area contributed by atoms with E-state index in [1.165, 1.54) is 6.07 Å². The summed E-state index contributed by atoms with van der Waals surface area (Å²) in [6.45, 7) is 11.5. The van der Waals surface area contributed by atoms with E-state index in [9.17, 15) is 9.59 Å². The Morgan fingerprint density at radius 2 is 1.83 bits per heavy atom. The van der Waals surface area contributed by atoms with Gasteiger partial charge in [0, 0.05) is 55.3 Å². The molecular formula is C32H41Cl2FN4O2. The van der Waals surface area contributed by atoms with Crippen molar-refractivity contribution in [2.24, 2.45) is 5.41 Å². The van der Waals surface area contributed by atoms with E-state index >= 15 is 4.39 Å². The van der Waals surface area contributed by atoms with E-state index < -0.39 is 29.2 Å². The van der Waals surface area contributed by atoms with E-state index in [0.717, 1.165) is 51.1 Å². The number of anilines is 1. The molecule has 0 unspecified atom stereocenters. The number of nitrogens with zero attached hydrogens (tertiary/aromatic N) is 2. The summed E-state index contributed by atoms with van der Waals surface area (Å²) in [5.74, 6) is -1.61. The molecular weight excluding hydrogens is 562 g/mol. The first-order valence-corrected chi connectivity index (χ1v) is 15.4. The maximum absolute atomic E-state index is 15.9. The quantitative estimate of drug-likeness (QED) is 0.370. The number of fused-ring (bicyclic) bond motifs is 2. The Balaban J connectivity index is 1.50. The molecule has 3 heterocycles. The molecule has 1 spiro atoms. The molecule has 9 heteroatoms. The van der Waals surface area contributed by atoms with Gasteiger partial charge in [-0.3, -0.25) is 9.59 Å².